The minimum absolute atomic E-state index is 0.0190. The molecule has 25 heavy (non-hydrogen) atoms. The fraction of sp³-hybridized carbons (Fsp3) is 0.381. The van der Waals surface area contributed by atoms with E-state index < -0.39 is 5.41 Å². The van der Waals surface area contributed by atoms with Crippen molar-refractivity contribution >= 4 is 5.91 Å². The van der Waals surface area contributed by atoms with Crippen molar-refractivity contribution < 1.29 is 13.9 Å². The van der Waals surface area contributed by atoms with Crippen LogP contribution in [0.15, 0.2) is 54.6 Å². The minimum Gasteiger partial charge on any atom is -0.492 e. The Hall–Kier alpha value is -2.36. The second-order valence-corrected chi connectivity index (χ2v) is 6.57. The van der Waals surface area contributed by atoms with Crippen LogP contribution in [0.1, 0.15) is 37.7 Å². The van der Waals surface area contributed by atoms with E-state index in [4.69, 9.17) is 4.74 Å². The van der Waals surface area contributed by atoms with Crippen LogP contribution in [0.4, 0.5) is 4.39 Å². The van der Waals surface area contributed by atoms with Gasteiger partial charge >= 0.3 is 0 Å². The first kappa shape index (κ1) is 17.5. The summed E-state index contributed by atoms with van der Waals surface area (Å²) < 4.78 is 19.3. The van der Waals surface area contributed by atoms with Crippen molar-refractivity contribution in [2.45, 2.75) is 37.5 Å². The maximum absolute atomic E-state index is 13.7. The summed E-state index contributed by atoms with van der Waals surface area (Å²) in [6, 6.07) is 16.0. The van der Waals surface area contributed by atoms with E-state index in [1.165, 1.54) is 12.1 Å². The molecule has 1 amide bonds. The van der Waals surface area contributed by atoms with Gasteiger partial charge in [-0.25, -0.2) is 4.39 Å². The molecule has 2 aromatic carbocycles. The van der Waals surface area contributed by atoms with Gasteiger partial charge in [-0.2, -0.15) is 0 Å². The van der Waals surface area contributed by atoms with Crippen LogP contribution >= 0.6 is 0 Å². The first-order valence-electron chi connectivity index (χ1n) is 8.93. The Labute approximate surface area is 148 Å². The first-order valence-corrected chi connectivity index (χ1v) is 8.93. The van der Waals surface area contributed by atoms with Gasteiger partial charge in [-0.15, -0.1) is 0 Å². The predicted octanol–water partition coefficient (Wildman–Crippen LogP) is 4.22. The Kier molecular flexibility index (Phi) is 5.69. The van der Waals surface area contributed by atoms with Crippen molar-refractivity contribution in [3.05, 3.63) is 66.0 Å². The van der Waals surface area contributed by atoms with Crippen LogP contribution in [-0.2, 0) is 10.2 Å². The number of hydrogen-bond acceptors (Lipinski definition) is 2. The number of rotatable bonds is 6. The first-order chi connectivity index (χ1) is 12.2. The van der Waals surface area contributed by atoms with Gasteiger partial charge in [0.05, 0.1) is 12.0 Å². The summed E-state index contributed by atoms with van der Waals surface area (Å²) in [5.74, 6) is 0.478. The third-order valence-corrected chi connectivity index (χ3v) is 4.92. The highest BCUT2D eigenvalue weighted by atomic mass is 19.1. The Bertz CT molecular complexity index is 696. The van der Waals surface area contributed by atoms with Gasteiger partial charge in [0.15, 0.2) is 0 Å². The highest BCUT2D eigenvalue weighted by Gasteiger charge is 2.41. The van der Waals surface area contributed by atoms with Crippen LogP contribution in [0, 0.1) is 5.82 Å². The molecule has 132 valence electrons. The summed E-state index contributed by atoms with van der Waals surface area (Å²) >= 11 is 0. The molecular weight excluding hydrogens is 317 g/mol. The second kappa shape index (κ2) is 8.15. The van der Waals surface area contributed by atoms with Crippen LogP contribution in [0.2, 0.25) is 0 Å². The Morgan fingerprint density at radius 2 is 1.80 bits per heavy atom. The molecule has 0 saturated heterocycles. The lowest BCUT2D eigenvalue weighted by Gasteiger charge is -2.36. The van der Waals surface area contributed by atoms with Crippen LogP contribution in [0.5, 0.6) is 5.75 Å². The zero-order valence-electron chi connectivity index (χ0n) is 14.3. The zero-order chi connectivity index (χ0) is 17.5. The van der Waals surface area contributed by atoms with Crippen molar-refractivity contribution in [2.24, 2.45) is 0 Å². The average molecular weight is 341 g/mol. The summed E-state index contributed by atoms with van der Waals surface area (Å²) in [7, 11) is 0. The number of hydrogen-bond donors (Lipinski definition) is 1. The third kappa shape index (κ3) is 4.19. The summed E-state index contributed by atoms with van der Waals surface area (Å²) in [4.78, 5) is 13.0. The van der Waals surface area contributed by atoms with Crippen molar-refractivity contribution in [2.75, 3.05) is 13.2 Å². The molecule has 0 unspecified atom stereocenters. The van der Waals surface area contributed by atoms with Crippen molar-refractivity contribution in [1.82, 2.24) is 5.32 Å². The number of carbonyl (C=O) groups excluding carboxylic acids is 1. The predicted molar refractivity (Wildman–Crippen MR) is 96.1 cm³/mol. The smallest absolute Gasteiger partial charge is 0.230 e. The van der Waals surface area contributed by atoms with Gasteiger partial charge in [0.25, 0.3) is 0 Å². The fourth-order valence-corrected chi connectivity index (χ4v) is 3.61. The van der Waals surface area contributed by atoms with E-state index in [1.54, 1.807) is 6.07 Å². The van der Waals surface area contributed by atoms with Crippen LogP contribution in [0.3, 0.4) is 0 Å². The molecule has 3 rings (SSSR count). The second-order valence-electron chi connectivity index (χ2n) is 6.57. The summed E-state index contributed by atoms with van der Waals surface area (Å²) in [5.41, 5.74) is 0.168. The largest absolute Gasteiger partial charge is 0.492 e. The maximum Gasteiger partial charge on any atom is 0.230 e. The van der Waals surface area contributed by atoms with Crippen LogP contribution in [0.25, 0.3) is 0 Å². The van der Waals surface area contributed by atoms with Crippen molar-refractivity contribution in [3.8, 4) is 5.75 Å². The SMILES string of the molecule is O=C(NCCOc1ccccc1)C1(c2cccc(F)c2)CCCCC1. The molecule has 4 heteroatoms. The Morgan fingerprint density at radius 1 is 1.04 bits per heavy atom. The Morgan fingerprint density at radius 3 is 2.52 bits per heavy atom. The summed E-state index contributed by atoms with van der Waals surface area (Å²) in [6.07, 6.45) is 4.64. The average Bonchev–Trinajstić information content (AvgIpc) is 2.66. The van der Waals surface area contributed by atoms with Crippen molar-refractivity contribution in [1.29, 1.82) is 0 Å². The number of halogens is 1. The molecule has 0 bridgehead atoms. The van der Waals surface area contributed by atoms with E-state index >= 15 is 0 Å². The number of benzene rings is 2. The lowest BCUT2D eigenvalue weighted by molar-refractivity contribution is -0.128. The number of carbonyl (C=O) groups is 1. The quantitative estimate of drug-likeness (QED) is 0.799. The van der Waals surface area contributed by atoms with E-state index in [-0.39, 0.29) is 11.7 Å². The van der Waals surface area contributed by atoms with Crippen LogP contribution < -0.4 is 10.1 Å². The molecule has 0 atom stereocenters. The molecule has 0 heterocycles. The van der Waals surface area contributed by atoms with E-state index in [0.717, 1.165) is 43.4 Å². The van der Waals surface area contributed by atoms with Gasteiger partial charge in [0.2, 0.25) is 5.91 Å². The van der Waals surface area contributed by atoms with E-state index in [1.807, 2.05) is 36.4 Å². The number of nitrogens with one attached hydrogen (secondary N) is 1. The molecule has 1 N–H and O–H groups in total. The molecule has 0 radical (unpaired) electrons. The van der Waals surface area contributed by atoms with E-state index in [2.05, 4.69) is 5.32 Å². The molecule has 1 aliphatic rings. The highest BCUT2D eigenvalue weighted by Crippen LogP contribution is 2.39. The standard InChI is InChI=1S/C21H24FNO2/c22-18-9-7-8-17(16-18)21(12-5-2-6-13-21)20(24)23-14-15-25-19-10-3-1-4-11-19/h1,3-4,7-11,16H,2,5-6,12-15H2,(H,23,24). The van der Waals surface area contributed by atoms with Gasteiger partial charge in [-0.1, -0.05) is 49.6 Å². The summed E-state index contributed by atoms with van der Waals surface area (Å²) in [5, 5.41) is 3.00. The molecule has 0 spiro atoms. The lowest BCUT2D eigenvalue weighted by Crippen LogP contribution is -2.46. The topological polar surface area (TPSA) is 38.3 Å². The maximum atomic E-state index is 13.7. The molecule has 0 aliphatic heterocycles. The molecule has 3 nitrogen and oxygen atoms in total. The number of para-hydroxylation sites is 1. The molecular formula is C21H24FNO2. The monoisotopic (exact) mass is 341 g/mol. The number of ether oxygens (including phenoxy) is 1. The van der Waals surface area contributed by atoms with Gasteiger partial charge in [0, 0.05) is 0 Å². The van der Waals surface area contributed by atoms with E-state index in [0.29, 0.717) is 13.2 Å². The van der Waals surface area contributed by atoms with Gasteiger partial charge in [-0.3, -0.25) is 4.79 Å². The van der Waals surface area contributed by atoms with Gasteiger partial charge in [0.1, 0.15) is 18.2 Å². The third-order valence-electron chi connectivity index (χ3n) is 4.92. The number of amides is 1. The van der Waals surface area contributed by atoms with Gasteiger partial charge < -0.3 is 10.1 Å². The molecule has 1 saturated carbocycles. The normalized spacial score (nSPS) is 16.2. The fourth-order valence-electron chi connectivity index (χ4n) is 3.61. The van der Waals surface area contributed by atoms with Crippen LogP contribution in [-0.4, -0.2) is 19.1 Å². The highest BCUT2D eigenvalue weighted by molar-refractivity contribution is 5.88. The van der Waals surface area contributed by atoms with Crippen molar-refractivity contribution in [3.63, 3.8) is 0 Å². The van der Waals surface area contributed by atoms with E-state index in [9.17, 15) is 9.18 Å². The summed E-state index contributed by atoms with van der Waals surface area (Å²) in [6.45, 7) is 0.847. The molecule has 0 aromatic heterocycles. The molecule has 2 aromatic rings. The lowest BCUT2D eigenvalue weighted by atomic mass is 9.68. The molecule has 1 aliphatic carbocycles. The Balaban J connectivity index is 1.64. The molecule has 1 fully saturated rings. The minimum atomic E-state index is -0.618. The zero-order valence-corrected chi connectivity index (χ0v) is 14.3. The van der Waals surface area contributed by atoms with Gasteiger partial charge in [-0.05, 0) is 42.7 Å².